The zero-order valence-corrected chi connectivity index (χ0v) is 8.84. The Morgan fingerprint density at radius 2 is 2.43 bits per heavy atom. The van der Waals surface area contributed by atoms with E-state index >= 15 is 0 Å². The SMILES string of the molecule is CCCCc1ncc(CNC2CC2)[nH]1. The fourth-order valence-electron chi connectivity index (χ4n) is 1.51. The van der Waals surface area contributed by atoms with Crippen molar-refractivity contribution in [2.24, 2.45) is 0 Å². The zero-order valence-electron chi connectivity index (χ0n) is 8.84. The van der Waals surface area contributed by atoms with Crippen LogP contribution in [0.1, 0.15) is 44.1 Å². The van der Waals surface area contributed by atoms with Crippen LogP contribution in [0.25, 0.3) is 0 Å². The predicted molar refractivity (Wildman–Crippen MR) is 57.1 cm³/mol. The van der Waals surface area contributed by atoms with Crippen LogP contribution in [-0.2, 0) is 13.0 Å². The minimum Gasteiger partial charge on any atom is -0.345 e. The third-order valence-electron chi connectivity index (χ3n) is 2.61. The summed E-state index contributed by atoms with van der Waals surface area (Å²) in [4.78, 5) is 7.71. The number of nitrogens with zero attached hydrogens (tertiary/aromatic N) is 1. The van der Waals surface area contributed by atoms with Crippen LogP contribution >= 0.6 is 0 Å². The summed E-state index contributed by atoms with van der Waals surface area (Å²) in [5.41, 5.74) is 1.23. The molecule has 1 saturated carbocycles. The van der Waals surface area contributed by atoms with E-state index in [1.807, 2.05) is 6.20 Å². The molecule has 0 unspecified atom stereocenters. The highest BCUT2D eigenvalue weighted by molar-refractivity contribution is 5.02. The van der Waals surface area contributed by atoms with Crippen molar-refractivity contribution in [3.63, 3.8) is 0 Å². The van der Waals surface area contributed by atoms with Crippen LogP contribution in [0.15, 0.2) is 6.20 Å². The van der Waals surface area contributed by atoms with E-state index in [0.29, 0.717) is 0 Å². The van der Waals surface area contributed by atoms with E-state index in [4.69, 9.17) is 0 Å². The summed E-state index contributed by atoms with van der Waals surface area (Å²) in [5, 5.41) is 3.47. The lowest BCUT2D eigenvalue weighted by Crippen LogP contribution is -2.15. The van der Waals surface area contributed by atoms with Gasteiger partial charge in [0.2, 0.25) is 0 Å². The molecule has 0 aliphatic heterocycles. The van der Waals surface area contributed by atoms with Gasteiger partial charge in [-0.25, -0.2) is 4.98 Å². The van der Waals surface area contributed by atoms with Crippen LogP contribution in [-0.4, -0.2) is 16.0 Å². The molecule has 78 valence electrons. The van der Waals surface area contributed by atoms with Gasteiger partial charge >= 0.3 is 0 Å². The highest BCUT2D eigenvalue weighted by Crippen LogP contribution is 2.19. The molecule has 1 aromatic heterocycles. The molecule has 3 nitrogen and oxygen atoms in total. The average Bonchev–Trinajstić information content (AvgIpc) is 2.92. The Balaban J connectivity index is 1.76. The highest BCUT2D eigenvalue weighted by Gasteiger charge is 2.20. The van der Waals surface area contributed by atoms with Gasteiger partial charge in [-0.05, 0) is 19.3 Å². The van der Waals surface area contributed by atoms with Crippen molar-refractivity contribution in [1.29, 1.82) is 0 Å². The molecule has 3 heteroatoms. The summed E-state index contributed by atoms with van der Waals surface area (Å²) in [6, 6.07) is 0.775. The minimum absolute atomic E-state index is 0.775. The largest absolute Gasteiger partial charge is 0.345 e. The third-order valence-corrected chi connectivity index (χ3v) is 2.61. The average molecular weight is 193 g/mol. The predicted octanol–water partition coefficient (Wildman–Crippen LogP) is 2.00. The van der Waals surface area contributed by atoms with Gasteiger partial charge in [0.15, 0.2) is 0 Å². The van der Waals surface area contributed by atoms with Gasteiger partial charge in [0, 0.05) is 30.9 Å². The molecule has 0 spiro atoms. The second-order valence-corrected chi connectivity index (χ2v) is 4.11. The van der Waals surface area contributed by atoms with Gasteiger partial charge in [-0.15, -0.1) is 0 Å². The van der Waals surface area contributed by atoms with Gasteiger partial charge in [-0.1, -0.05) is 13.3 Å². The lowest BCUT2D eigenvalue weighted by molar-refractivity contribution is 0.673. The Kier molecular flexibility index (Phi) is 3.19. The van der Waals surface area contributed by atoms with E-state index in [-0.39, 0.29) is 0 Å². The Labute approximate surface area is 85.3 Å². The summed E-state index contributed by atoms with van der Waals surface area (Å²) in [7, 11) is 0. The topological polar surface area (TPSA) is 40.7 Å². The van der Waals surface area contributed by atoms with Crippen LogP contribution in [0.2, 0.25) is 0 Å². The number of hydrogen-bond acceptors (Lipinski definition) is 2. The van der Waals surface area contributed by atoms with Crippen LogP contribution in [0.5, 0.6) is 0 Å². The first-order chi connectivity index (χ1) is 6.88. The maximum absolute atomic E-state index is 4.36. The fourth-order valence-corrected chi connectivity index (χ4v) is 1.51. The molecule has 0 aromatic carbocycles. The Bertz CT molecular complexity index is 276. The number of rotatable bonds is 6. The number of nitrogens with one attached hydrogen (secondary N) is 2. The molecule has 0 radical (unpaired) electrons. The normalized spacial score (nSPS) is 16.1. The number of imidazole rings is 1. The zero-order chi connectivity index (χ0) is 9.80. The van der Waals surface area contributed by atoms with Crippen molar-refractivity contribution in [2.75, 3.05) is 0 Å². The quantitative estimate of drug-likeness (QED) is 0.725. The summed E-state index contributed by atoms with van der Waals surface area (Å²) in [6.45, 7) is 3.16. The molecule has 0 bridgehead atoms. The molecule has 1 aromatic rings. The first-order valence-electron chi connectivity index (χ1n) is 5.64. The van der Waals surface area contributed by atoms with E-state index < -0.39 is 0 Å². The van der Waals surface area contributed by atoms with Crippen LogP contribution in [0.3, 0.4) is 0 Å². The molecule has 1 aliphatic carbocycles. The Hall–Kier alpha value is -0.830. The molecule has 0 atom stereocenters. The van der Waals surface area contributed by atoms with Gasteiger partial charge in [0.25, 0.3) is 0 Å². The van der Waals surface area contributed by atoms with Crippen molar-refractivity contribution < 1.29 is 0 Å². The highest BCUT2D eigenvalue weighted by atomic mass is 15.0. The lowest BCUT2D eigenvalue weighted by atomic mass is 10.2. The van der Waals surface area contributed by atoms with Crippen molar-refractivity contribution in [1.82, 2.24) is 15.3 Å². The number of hydrogen-bond donors (Lipinski definition) is 2. The van der Waals surface area contributed by atoms with E-state index in [2.05, 4.69) is 22.2 Å². The first-order valence-corrected chi connectivity index (χ1v) is 5.64. The van der Waals surface area contributed by atoms with Gasteiger partial charge in [0.05, 0.1) is 0 Å². The van der Waals surface area contributed by atoms with Gasteiger partial charge in [-0.2, -0.15) is 0 Å². The molecule has 0 saturated heterocycles. The van der Waals surface area contributed by atoms with Crippen molar-refractivity contribution in [3.05, 3.63) is 17.7 Å². The maximum atomic E-state index is 4.36. The molecule has 1 fully saturated rings. The lowest BCUT2D eigenvalue weighted by Gasteiger charge is -1.98. The van der Waals surface area contributed by atoms with E-state index in [9.17, 15) is 0 Å². The second kappa shape index (κ2) is 4.60. The minimum atomic E-state index is 0.775. The monoisotopic (exact) mass is 193 g/mol. The van der Waals surface area contributed by atoms with Crippen LogP contribution < -0.4 is 5.32 Å². The standard InChI is InChI=1S/C11H19N3/c1-2-3-4-11-13-8-10(14-11)7-12-9-5-6-9/h8-9,12H,2-7H2,1H3,(H,13,14). The molecular weight excluding hydrogens is 174 g/mol. The van der Waals surface area contributed by atoms with Gasteiger partial charge in [-0.3, -0.25) is 0 Å². The van der Waals surface area contributed by atoms with Gasteiger partial charge < -0.3 is 10.3 Å². The fraction of sp³-hybridized carbons (Fsp3) is 0.727. The number of aromatic amines is 1. The number of H-pyrrole nitrogens is 1. The van der Waals surface area contributed by atoms with Gasteiger partial charge in [0.1, 0.15) is 5.82 Å². The second-order valence-electron chi connectivity index (χ2n) is 4.11. The Morgan fingerprint density at radius 3 is 3.14 bits per heavy atom. The summed E-state index contributed by atoms with van der Waals surface area (Å²) < 4.78 is 0. The van der Waals surface area contributed by atoms with E-state index in [0.717, 1.165) is 24.8 Å². The van der Waals surface area contributed by atoms with Crippen LogP contribution in [0.4, 0.5) is 0 Å². The number of aryl methyl sites for hydroxylation is 1. The Morgan fingerprint density at radius 1 is 1.57 bits per heavy atom. The molecule has 1 heterocycles. The van der Waals surface area contributed by atoms with Crippen molar-refractivity contribution in [3.8, 4) is 0 Å². The molecule has 1 aliphatic rings. The summed E-state index contributed by atoms with van der Waals surface area (Å²) in [6.07, 6.45) is 8.19. The molecular formula is C11H19N3. The molecule has 2 rings (SSSR count). The van der Waals surface area contributed by atoms with Crippen molar-refractivity contribution in [2.45, 2.75) is 51.6 Å². The molecule has 0 amide bonds. The summed E-state index contributed by atoms with van der Waals surface area (Å²) >= 11 is 0. The summed E-state index contributed by atoms with van der Waals surface area (Å²) in [5.74, 6) is 1.14. The third kappa shape index (κ3) is 2.84. The van der Waals surface area contributed by atoms with Crippen LogP contribution in [0, 0.1) is 0 Å². The van der Waals surface area contributed by atoms with Crippen molar-refractivity contribution >= 4 is 0 Å². The molecule has 2 N–H and O–H groups in total. The maximum Gasteiger partial charge on any atom is 0.106 e. The smallest absolute Gasteiger partial charge is 0.106 e. The molecule has 14 heavy (non-hydrogen) atoms. The van der Waals surface area contributed by atoms with E-state index in [1.54, 1.807) is 0 Å². The number of aromatic nitrogens is 2. The first kappa shape index (κ1) is 9.71. The van der Waals surface area contributed by atoms with E-state index in [1.165, 1.54) is 31.4 Å². The number of unbranched alkanes of at least 4 members (excludes halogenated alkanes) is 1.